The first-order chi connectivity index (χ1) is 11.1. The van der Waals surface area contributed by atoms with Crippen LogP contribution in [0.5, 0.6) is 11.5 Å². The molecule has 0 atom stereocenters. The lowest BCUT2D eigenvalue weighted by molar-refractivity contribution is -0.687. The van der Waals surface area contributed by atoms with Gasteiger partial charge in [0.15, 0.2) is 30.4 Å². The maximum absolute atomic E-state index is 13.9. The number of aromatic nitrogens is 1. The van der Waals surface area contributed by atoms with E-state index in [2.05, 4.69) is 0 Å². The summed E-state index contributed by atoms with van der Waals surface area (Å²) >= 11 is 6.10. The van der Waals surface area contributed by atoms with Crippen LogP contribution in [-0.2, 0) is 6.54 Å². The Labute approximate surface area is 151 Å². The number of nitrogens with zero attached hydrogens (tertiary/aromatic N) is 1. The molecule has 0 aliphatic heterocycles. The fourth-order valence-corrected chi connectivity index (χ4v) is 2.75. The number of ether oxygens (including phenoxy) is 2. The zero-order chi connectivity index (χ0) is 16.4. The summed E-state index contributed by atoms with van der Waals surface area (Å²) < 4.78 is 26.4. The molecule has 0 spiro atoms. The molecule has 1 heterocycles. The van der Waals surface area contributed by atoms with E-state index in [0.717, 1.165) is 10.8 Å². The van der Waals surface area contributed by atoms with Crippen molar-refractivity contribution in [1.29, 1.82) is 0 Å². The fourth-order valence-electron chi connectivity index (χ4n) is 2.53. The quantitative estimate of drug-likeness (QED) is 0.641. The molecule has 0 aliphatic rings. The molecule has 126 valence electrons. The molecule has 2 aromatic carbocycles. The van der Waals surface area contributed by atoms with Gasteiger partial charge in [-0.2, -0.15) is 4.57 Å². The minimum Gasteiger partial charge on any atom is -1.00 e. The third-order valence-electron chi connectivity index (χ3n) is 3.74. The van der Waals surface area contributed by atoms with Gasteiger partial charge < -0.3 is 21.9 Å². The van der Waals surface area contributed by atoms with Crippen molar-refractivity contribution in [2.45, 2.75) is 6.54 Å². The van der Waals surface area contributed by atoms with Crippen molar-refractivity contribution in [2.75, 3.05) is 14.2 Å². The van der Waals surface area contributed by atoms with Gasteiger partial charge in [0.05, 0.1) is 24.8 Å². The van der Waals surface area contributed by atoms with E-state index < -0.39 is 0 Å². The van der Waals surface area contributed by atoms with E-state index in [-0.39, 0.29) is 18.2 Å². The first kappa shape index (κ1) is 18.3. The summed E-state index contributed by atoms with van der Waals surface area (Å²) in [5.41, 5.74) is 0.471. The van der Waals surface area contributed by atoms with Crippen LogP contribution in [0.25, 0.3) is 10.8 Å². The van der Waals surface area contributed by atoms with Crippen molar-refractivity contribution >= 4 is 22.4 Å². The van der Waals surface area contributed by atoms with Crippen LogP contribution in [-0.4, -0.2) is 14.2 Å². The second-order valence-corrected chi connectivity index (χ2v) is 5.56. The SMILES string of the molecule is COc1cc2cc[n+](Cc3c(F)cccc3Cl)cc2cc1OC.[Cl-]. The Morgan fingerprint density at radius 1 is 1.04 bits per heavy atom. The lowest BCUT2D eigenvalue weighted by atomic mass is 10.1. The molecule has 1 aromatic heterocycles. The van der Waals surface area contributed by atoms with Gasteiger partial charge in [-0.3, -0.25) is 0 Å². The molecule has 0 aliphatic carbocycles. The Morgan fingerprint density at radius 2 is 1.71 bits per heavy atom. The Bertz CT molecular complexity index is 851. The number of benzene rings is 2. The average molecular weight is 368 g/mol. The summed E-state index contributed by atoms with van der Waals surface area (Å²) in [6.07, 6.45) is 3.82. The summed E-state index contributed by atoms with van der Waals surface area (Å²) in [5.74, 6) is 1.02. The highest BCUT2D eigenvalue weighted by Gasteiger charge is 2.14. The molecule has 0 unspecified atom stereocenters. The highest BCUT2D eigenvalue weighted by atomic mass is 35.5. The van der Waals surface area contributed by atoms with E-state index in [4.69, 9.17) is 21.1 Å². The second kappa shape index (κ2) is 7.69. The monoisotopic (exact) mass is 367 g/mol. The molecular formula is C18H16Cl2FNO2. The van der Waals surface area contributed by atoms with Crippen LogP contribution in [0.3, 0.4) is 0 Å². The zero-order valence-corrected chi connectivity index (χ0v) is 14.7. The highest BCUT2D eigenvalue weighted by Crippen LogP contribution is 2.31. The lowest BCUT2D eigenvalue weighted by Gasteiger charge is -2.09. The van der Waals surface area contributed by atoms with Crippen LogP contribution >= 0.6 is 11.6 Å². The molecule has 0 saturated heterocycles. The number of halogens is 3. The second-order valence-electron chi connectivity index (χ2n) is 5.15. The molecule has 3 rings (SSSR count). The van der Waals surface area contributed by atoms with E-state index >= 15 is 0 Å². The molecule has 3 aromatic rings. The molecule has 6 heteroatoms. The van der Waals surface area contributed by atoms with Gasteiger partial charge in [-0.15, -0.1) is 0 Å². The van der Waals surface area contributed by atoms with Crippen LogP contribution < -0.4 is 26.4 Å². The predicted molar refractivity (Wildman–Crippen MR) is 87.8 cm³/mol. The Hall–Kier alpha value is -2.04. The Morgan fingerprint density at radius 3 is 2.33 bits per heavy atom. The summed E-state index contributed by atoms with van der Waals surface area (Å²) in [5, 5.41) is 2.40. The minimum atomic E-state index is -0.308. The molecule has 0 amide bonds. The third-order valence-corrected chi connectivity index (χ3v) is 4.10. The van der Waals surface area contributed by atoms with Gasteiger partial charge in [0.2, 0.25) is 0 Å². The maximum atomic E-state index is 13.9. The van der Waals surface area contributed by atoms with Gasteiger partial charge in [-0.1, -0.05) is 17.7 Å². The topological polar surface area (TPSA) is 22.3 Å². The van der Waals surface area contributed by atoms with E-state index in [1.165, 1.54) is 6.07 Å². The Kier molecular flexibility index (Phi) is 5.86. The summed E-state index contributed by atoms with van der Waals surface area (Å²) in [6, 6.07) is 10.5. The standard InChI is InChI=1S/C18H16ClFNO2.ClH/c1-22-17-8-12-6-7-21(10-13(12)9-18(17)23-2)11-14-15(19)4-3-5-16(14)20;/h3-10H,11H2,1-2H3;1H/q+1;/p-1. The van der Waals surface area contributed by atoms with Crippen molar-refractivity contribution in [3.05, 3.63) is 65.2 Å². The smallest absolute Gasteiger partial charge is 0.178 e. The number of pyridine rings is 1. The minimum absolute atomic E-state index is 0. The van der Waals surface area contributed by atoms with Gasteiger partial charge in [0, 0.05) is 11.5 Å². The first-order valence-corrected chi connectivity index (χ1v) is 7.48. The van der Waals surface area contributed by atoms with Crippen LogP contribution in [0, 0.1) is 5.82 Å². The van der Waals surface area contributed by atoms with Crippen molar-refractivity contribution < 1.29 is 30.8 Å². The van der Waals surface area contributed by atoms with Crippen molar-refractivity contribution in [3.8, 4) is 11.5 Å². The van der Waals surface area contributed by atoms with Crippen LogP contribution in [0.4, 0.5) is 4.39 Å². The van der Waals surface area contributed by atoms with Crippen molar-refractivity contribution in [1.82, 2.24) is 0 Å². The van der Waals surface area contributed by atoms with Crippen LogP contribution in [0.15, 0.2) is 48.8 Å². The maximum Gasteiger partial charge on any atom is 0.178 e. The largest absolute Gasteiger partial charge is 1.00 e. The van der Waals surface area contributed by atoms with E-state index in [1.54, 1.807) is 26.4 Å². The molecule has 24 heavy (non-hydrogen) atoms. The highest BCUT2D eigenvalue weighted by molar-refractivity contribution is 6.31. The molecule has 0 N–H and O–H groups in total. The van der Waals surface area contributed by atoms with Gasteiger partial charge in [-0.25, -0.2) is 4.39 Å². The van der Waals surface area contributed by atoms with Gasteiger partial charge >= 0.3 is 0 Å². The normalized spacial score (nSPS) is 10.3. The lowest BCUT2D eigenvalue weighted by Crippen LogP contribution is -3.00. The zero-order valence-electron chi connectivity index (χ0n) is 13.2. The summed E-state index contributed by atoms with van der Waals surface area (Å²) in [7, 11) is 3.20. The van der Waals surface area contributed by atoms with Gasteiger partial charge in [0.1, 0.15) is 5.82 Å². The summed E-state index contributed by atoms with van der Waals surface area (Å²) in [4.78, 5) is 0. The number of methoxy groups -OCH3 is 2. The molecule has 0 saturated carbocycles. The number of fused-ring (bicyclic) bond motifs is 1. The average Bonchev–Trinajstić information content (AvgIpc) is 2.56. The number of hydrogen-bond acceptors (Lipinski definition) is 2. The Balaban J connectivity index is 0.00000208. The molecule has 0 radical (unpaired) electrons. The van der Waals surface area contributed by atoms with Crippen molar-refractivity contribution in [2.24, 2.45) is 0 Å². The van der Waals surface area contributed by atoms with Gasteiger partial charge in [-0.05, 0) is 29.7 Å². The predicted octanol–water partition coefficient (Wildman–Crippen LogP) is 0.989. The number of rotatable bonds is 4. The summed E-state index contributed by atoms with van der Waals surface area (Å²) in [6.45, 7) is 0.357. The van der Waals surface area contributed by atoms with Crippen molar-refractivity contribution in [3.63, 3.8) is 0 Å². The van der Waals surface area contributed by atoms with E-state index in [0.29, 0.717) is 28.6 Å². The first-order valence-electron chi connectivity index (χ1n) is 7.10. The third kappa shape index (κ3) is 3.55. The van der Waals surface area contributed by atoms with Crippen LogP contribution in [0.1, 0.15) is 5.56 Å². The molecular weight excluding hydrogens is 352 g/mol. The fraction of sp³-hybridized carbons (Fsp3) is 0.167. The van der Waals surface area contributed by atoms with Gasteiger partial charge in [0.25, 0.3) is 0 Å². The van der Waals surface area contributed by atoms with Crippen LogP contribution in [0.2, 0.25) is 5.02 Å². The molecule has 3 nitrogen and oxygen atoms in total. The van der Waals surface area contributed by atoms with E-state index in [9.17, 15) is 4.39 Å². The van der Waals surface area contributed by atoms with E-state index in [1.807, 2.05) is 35.2 Å². The number of hydrogen-bond donors (Lipinski definition) is 0. The molecule has 0 fully saturated rings. The molecule has 0 bridgehead atoms.